The molecule has 4 aromatic rings. The number of ether oxygens (including phenoxy) is 2. The number of imidazole rings is 1. The predicted octanol–water partition coefficient (Wildman–Crippen LogP) is 5.67. The zero-order chi connectivity index (χ0) is 24.2. The molecule has 180 valence electrons. The maximum Gasteiger partial charge on any atom is 0.337 e. The average Bonchev–Trinajstić information content (AvgIpc) is 3.42. The second-order valence-corrected chi connectivity index (χ2v) is 9.09. The summed E-state index contributed by atoms with van der Waals surface area (Å²) in [5, 5.41) is 0. The quantitative estimate of drug-likeness (QED) is 0.334. The molecule has 0 bridgehead atoms. The van der Waals surface area contributed by atoms with Crippen LogP contribution in [0.2, 0.25) is 0 Å². The highest BCUT2D eigenvalue weighted by Crippen LogP contribution is 2.24. The summed E-state index contributed by atoms with van der Waals surface area (Å²) in [6.07, 6.45) is 6.08. The van der Waals surface area contributed by atoms with Crippen LogP contribution in [0.15, 0.2) is 96.1 Å². The average molecular weight is 470 g/mol. The Morgan fingerprint density at radius 1 is 0.714 bits per heavy atom. The number of hydrogen-bond donors (Lipinski definition) is 0. The van der Waals surface area contributed by atoms with Gasteiger partial charge in [-0.05, 0) is 87.4 Å². The van der Waals surface area contributed by atoms with Gasteiger partial charge >= 0.3 is 5.69 Å². The van der Waals surface area contributed by atoms with Gasteiger partial charge in [0, 0.05) is 31.0 Å². The zero-order valence-electron chi connectivity index (χ0n) is 20.2. The van der Waals surface area contributed by atoms with Crippen molar-refractivity contribution < 1.29 is 9.47 Å². The molecule has 0 N–H and O–H groups in total. The Balaban J connectivity index is 1.22. The van der Waals surface area contributed by atoms with Gasteiger partial charge in [-0.25, -0.2) is 4.79 Å². The van der Waals surface area contributed by atoms with E-state index in [9.17, 15) is 4.79 Å². The van der Waals surface area contributed by atoms with E-state index in [4.69, 9.17) is 9.47 Å². The second kappa shape index (κ2) is 10.2. The van der Waals surface area contributed by atoms with Crippen molar-refractivity contribution in [3.63, 3.8) is 0 Å². The van der Waals surface area contributed by atoms with Gasteiger partial charge in [-0.3, -0.25) is 14.0 Å². The Bertz CT molecular complexity index is 1280. The molecule has 0 amide bonds. The van der Waals surface area contributed by atoms with Crippen LogP contribution in [0.5, 0.6) is 17.2 Å². The Kier molecular flexibility index (Phi) is 6.73. The van der Waals surface area contributed by atoms with E-state index in [0.717, 1.165) is 35.2 Å². The van der Waals surface area contributed by atoms with Gasteiger partial charge in [-0.2, -0.15) is 0 Å². The molecule has 0 spiro atoms. The Hall–Kier alpha value is -3.77. The van der Waals surface area contributed by atoms with Crippen LogP contribution in [0.4, 0.5) is 0 Å². The number of aromatic nitrogens is 2. The van der Waals surface area contributed by atoms with Crippen molar-refractivity contribution in [3.05, 3.63) is 102 Å². The van der Waals surface area contributed by atoms with Gasteiger partial charge in [-0.1, -0.05) is 18.2 Å². The SMILES string of the molecule is CC1CCC(C)N1CCOc1ccc(-n2ccn(-c3ccc(Oc4ccccc4)cc3)c2=O)cc1. The van der Waals surface area contributed by atoms with E-state index < -0.39 is 0 Å². The van der Waals surface area contributed by atoms with Crippen LogP contribution in [0.3, 0.4) is 0 Å². The minimum absolute atomic E-state index is 0.132. The first-order chi connectivity index (χ1) is 17.1. The minimum Gasteiger partial charge on any atom is -0.492 e. The van der Waals surface area contributed by atoms with Crippen molar-refractivity contribution in [2.45, 2.75) is 38.8 Å². The molecule has 3 aromatic carbocycles. The van der Waals surface area contributed by atoms with E-state index in [-0.39, 0.29) is 5.69 Å². The largest absolute Gasteiger partial charge is 0.492 e. The van der Waals surface area contributed by atoms with Gasteiger partial charge in [0.1, 0.15) is 23.9 Å². The molecule has 5 rings (SSSR count). The second-order valence-electron chi connectivity index (χ2n) is 9.09. The summed E-state index contributed by atoms with van der Waals surface area (Å²) in [5.74, 6) is 2.31. The van der Waals surface area contributed by atoms with Crippen LogP contribution >= 0.6 is 0 Å². The molecule has 6 heteroatoms. The molecule has 2 atom stereocenters. The lowest BCUT2D eigenvalue weighted by Gasteiger charge is -2.25. The van der Waals surface area contributed by atoms with Crippen LogP contribution in [-0.4, -0.2) is 39.3 Å². The highest BCUT2D eigenvalue weighted by molar-refractivity contribution is 5.41. The van der Waals surface area contributed by atoms with E-state index in [2.05, 4.69) is 18.7 Å². The number of nitrogens with zero attached hydrogens (tertiary/aromatic N) is 3. The van der Waals surface area contributed by atoms with E-state index in [1.807, 2.05) is 78.9 Å². The summed E-state index contributed by atoms with van der Waals surface area (Å²) >= 11 is 0. The minimum atomic E-state index is -0.132. The maximum atomic E-state index is 13.1. The summed E-state index contributed by atoms with van der Waals surface area (Å²) in [6, 6.07) is 26.0. The van der Waals surface area contributed by atoms with Crippen LogP contribution in [0.1, 0.15) is 26.7 Å². The first kappa shape index (κ1) is 23.0. The van der Waals surface area contributed by atoms with Gasteiger partial charge in [0.2, 0.25) is 0 Å². The van der Waals surface area contributed by atoms with Gasteiger partial charge in [-0.15, -0.1) is 0 Å². The van der Waals surface area contributed by atoms with Crippen molar-refractivity contribution in [1.29, 1.82) is 0 Å². The topological polar surface area (TPSA) is 48.6 Å². The van der Waals surface area contributed by atoms with E-state index in [1.54, 1.807) is 21.5 Å². The molecular weight excluding hydrogens is 438 g/mol. The lowest BCUT2D eigenvalue weighted by atomic mass is 10.2. The van der Waals surface area contributed by atoms with Gasteiger partial charge in [0.25, 0.3) is 0 Å². The van der Waals surface area contributed by atoms with Crippen LogP contribution in [0, 0.1) is 0 Å². The molecule has 2 heterocycles. The van der Waals surface area contributed by atoms with Crippen LogP contribution < -0.4 is 15.2 Å². The van der Waals surface area contributed by atoms with Gasteiger partial charge < -0.3 is 9.47 Å². The number of benzene rings is 3. The highest BCUT2D eigenvalue weighted by Gasteiger charge is 2.26. The molecule has 2 unspecified atom stereocenters. The maximum absolute atomic E-state index is 13.1. The zero-order valence-corrected chi connectivity index (χ0v) is 20.2. The highest BCUT2D eigenvalue weighted by atomic mass is 16.5. The summed E-state index contributed by atoms with van der Waals surface area (Å²) in [7, 11) is 0. The van der Waals surface area contributed by atoms with Crippen molar-refractivity contribution in [2.24, 2.45) is 0 Å². The standard InChI is InChI=1S/C29H31N3O3/c1-22-8-9-23(2)30(22)20-21-34-26-14-10-24(11-15-26)31-18-19-32(29(31)33)25-12-16-28(17-13-25)35-27-6-4-3-5-7-27/h3-7,10-19,22-23H,8-9,20-21H2,1-2H3. The van der Waals surface area contributed by atoms with E-state index in [0.29, 0.717) is 18.7 Å². The monoisotopic (exact) mass is 469 g/mol. The van der Waals surface area contributed by atoms with Crippen molar-refractivity contribution in [2.75, 3.05) is 13.2 Å². The number of hydrogen-bond acceptors (Lipinski definition) is 4. The Morgan fingerprint density at radius 3 is 1.80 bits per heavy atom. The third-order valence-electron chi connectivity index (χ3n) is 6.74. The molecule has 0 radical (unpaired) electrons. The molecule has 1 fully saturated rings. The van der Waals surface area contributed by atoms with Gasteiger partial charge in [0.15, 0.2) is 0 Å². The molecule has 35 heavy (non-hydrogen) atoms. The number of para-hydroxylation sites is 1. The summed E-state index contributed by atoms with van der Waals surface area (Å²) in [5.41, 5.74) is 1.44. The fourth-order valence-corrected chi connectivity index (χ4v) is 4.73. The summed E-state index contributed by atoms with van der Waals surface area (Å²) in [4.78, 5) is 15.6. The third kappa shape index (κ3) is 5.17. The number of rotatable bonds is 8. The fraction of sp³-hybridized carbons (Fsp3) is 0.276. The summed E-state index contributed by atoms with van der Waals surface area (Å²) < 4.78 is 15.1. The summed E-state index contributed by atoms with van der Waals surface area (Å²) in [6.45, 7) is 6.17. The molecule has 0 saturated carbocycles. The van der Waals surface area contributed by atoms with Crippen molar-refractivity contribution in [1.82, 2.24) is 14.0 Å². The fourth-order valence-electron chi connectivity index (χ4n) is 4.73. The lowest BCUT2D eigenvalue weighted by molar-refractivity contribution is 0.170. The van der Waals surface area contributed by atoms with E-state index in [1.165, 1.54) is 12.8 Å². The third-order valence-corrected chi connectivity index (χ3v) is 6.74. The van der Waals surface area contributed by atoms with Crippen molar-refractivity contribution in [3.8, 4) is 28.6 Å². The first-order valence-electron chi connectivity index (χ1n) is 12.2. The Labute approximate surface area is 206 Å². The molecule has 0 aliphatic carbocycles. The Morgan fingerprint density at radius 2 is 1.23 bits per heavy atom. The smallest absolute Gasteiger partial charge is 0.337 e. The lowest BCUT2D eigenvalue weighted by Crippen LogP contribution is -2.36. The molecule has 1 saturated heterocycles. The molecule has 1 aliphatic rings. The molecular formula is C29H31N3O3. The molecule has 1 aromatic heterocycles. The first-order valence-corrected chi connectivity index (χ1v) is 12.2. The molecule has 6 nitrogen and oxygen atoms in total. The molecule has 1 aliphatic heterocycles. The normalized spacial score (nSPS) is 18.0. The van der Waals surface area contributed by atoms with Gasteiger partial charge in [0.05, 0.1) is 11.4 Å². The predicted molar refractivity (Wildman–Crippen MR) is 138 cm³/mol. The van der Waals surface area contributed by atoms with Crippen molar-refractivity contribution >= 4 is 0 Å². The number of likely N-dealkylation sites (tertiary alicyclic amines) is 1. The van der Waals surface area contributed by atoms with Crippen LogP contribution in [-0.2, 0) is 0 Å². The van der Waals surface area contributed by atoms with Crippen LogP contribution in [0.25, 0.3) is 11.4 Å². The van der Waals surface area contributed by atoms with E-state index >= 15 is 0 Å².